The second-order valence-electron chi connectivity index (χ2n) is 6.06. The molecule has 0 aromatic heterocycles. The first-order valence-electron chi connectivity index (χ1n) is 5.89. The summed E-state index contributed by atoms with van der Waals surface area (Å²) in [5, 5.41) is 0. The third-order valence-electron chi connectivity index (χ3n) is 3.75. The van der Waals surface area contributed by atoms with Crippen LogP contribution in [0.15, 0.2) is 0 Å². The zero-order chi connectivity index (χ0) is 11.2. The van der Waals surface area contributed by atoms with E-state index in [1.807, 2.05) is 20.8 Å². The minimum Gasteiger partial charge on any atom is -0.340 e. The molecule has 0 bridgehead atoms. The molecule has 0 aromatic carbocycles. The van der Waals surface area contributed by atoms with E-state index in [4.69, 9.17) is 0 Å². The molecular weight excluding hydrogens is 188 g/mol. The summed E-state index contributed by atoms with van der Waals surface area (Å²) in [6.45, 7) is 9.14. The van der Waals surface area contributed by atoms with Crippen molar-refractivity contribution >= 4 is 5.91 Å². The van der Waals surface area contributed by atoms with Gasteiger partial charge >= 0.3 is 0 Å². The maximum Gasteiger partial charge on any atom is 0.228 e. The number of rotatable bonds is 0. The number of nitrogens with zero attached hydrogens (tertiary/aromatic N) is 2. The predicted molar refractivity (Wildman–Crippen MR) is 60.6 cm³/mol. The Bertz CT molecular complexity index is 269. The fourth-order valence-corrected chi connectivity index (χ4v) is 2.81. The van der Waals surface area contributed by atoms with E-state index < -0.39 is 0 Å². The first-order chi connectivity index (χ1) is 6.89. The lowest BCUT2D eigenvalue weighted by molar-refractivity contribution is -0.138. The molecule has 2 heterocycles. The lowest BCUT2D eigenvalue weighted by Gasteiger charge is -2.27. The summed E-state index contributed by atoms with van der Waals surface area (Å²) < 4.78 is 0. The standard InChI is InChI=1S/C12H22N2O/c1-12(2,3)11(15)14-7-9-5-6-13(4)10(9)8-14/h9-10H,5-8H2,1-4H3. The van der Waals surface area contributed by atoms with Crippen molar-refractivity contribution in [2.75, 3.05) is 26.7 Å². The molecule has 86 valence electrons. The van der Waals surface area contributed by atoms with Gasteiger partial charge in [0.05, 0.1) is 0 Å². The Morgan fingerprint density at radius 2 is 1.93 bits per heavy atom. The topological polar surface area (TPSA) is 23.6 Å². The van der Waals surface area contributed by atoms with Crippen LogP contribution in [0.2, 0.25) is 0 Å². The van der Waals surface area contributed by atoms with Crippen molar-refractivity contribution in [3.8, 4) is 0 Å². The number of hydrogen-bond donors (Lipinski definition) is 0. The second kappa shape index (κ2) is 3.48. The van der Waals surface area contributed by atoms with Crippen molar-refractivity contribution < 1.29 is 4.79 Å². The van der Waals surface area contributed by atoms with E-state index in [0.29, 0.717) is 11.9 Å². The smallest absolute Gasteiger partial charge is 0.228 e. The van der Waals surface area contributed by atoms with Crippen LogP contribution in [0.4, 0.5) is 0 Å². The molecule has 2 aliphatic rings. The van der Waals surface area contributed by atoms with E-state index in [9.17, 15) is 4.79 Å². The van der Waals surface area contributed by atoms with E-state index >= 15 is 0 Å². The Balaban J connectivity index is 2.02. The van der Waals surface area contributed by atoms with Crippen molar-refractivity contribution in [2.24, 2.45) is 11.3 Å². The Morgan fingerprint density at radius 3 is 2.47 bits per heavy atom. The van der Waals surface area contributed by atoms with Crippen LogP contribution in [-0.4, -0.2) is 48.4 Å². The molecule has 3 heteroatoms. The summed E-state index contributed by atoms with van der Waals surface area (Å²) in [4.78, 5) is 16.6. The van der Waals surface area contributed by atoms with Crippen LogP contribution in [0.25, 0.3) is 0 Å². The maximum absolute atomic E-state index is 12.1. The van der Waals surface area contributed by atoms with Crippen LogP contribution in [-0.2, 0) is 4.79 Å². The molecule has 0 saturated carbocycles. The Labute approximate surface area is 92.4 Å². The van der Waals surface area contributed by atoms with Crippen LogP contribution in [0.1, 0.15) is 27.2 Å². The molecule has 0 radical (unpaired) electrons. The Morgan fingerprint density at radius 1 is 1.27 bits per heavy atom. The van der Waals surface area contributed by atoms with Gasteiger partial charge in [-0.05, 0) is 25.9 Å². The number of fused-ring (bicyclic) bond motifs is 1. The van der Waals surface area contributed by atoms with Gasteiger partial charge in [0.1, 0.15) is 0 Å². The van der Waals surface area contributed by atoms with E-state index in [-0.39, 0.29) is 5.41 Å². The normalized spacial score (nSPS) is 32.1. The van der Waals surface area contributed by atoms with Crippen molar-refractivity contribution in [1.29, 1.82) is 0 Å². The Hall–Kier alpha value is -0.570. The highest BCUT2D eigenvalue weighted by molar-refractivity contribution is 5.81. The molecule has 2 atom stereocenters. The summed E-state index contributed by atoms with van der Waals surface area (Å²) in [6.07, 6.45) is 1.26. The number of likely N-dealkylation sites (tertiary alicyclic amines) is 2. The average molecular weight is 210 g/mol. The zero-order valence-corrected chi connectivity index (χ0v) is 10.3. The maximum atomic E-state index is 12.1. The van der Waals surface area contributed by atoms with Crippen molar-refractivity contribution in [2.45, 2.75) is 33.2 Å². The third kappa shape index (κ3) is 1.89. The quantitative estimate of drug-likeness (QED) is 0.600. The van der Waals surface area contributed by atoms with Crippen LogP contribution in [0.5, 0.6) is 0 Å². The minimum atomic E-state index is -0.225. The molecular formula is C12H22N2O. The molecule has 0 spiro atoms. The SMILES string of the molecule is CN1CCC2CN(C(=O)C(C)(C)C)CC21. The largest absolute Gasteiger partial charge is 0.340 e. The van der Waals surface area contributed by atoms with Gasteiger partial charge in [-0.15, -0.1) is 0 Å². The fourth-order valence-electron chi connectivity index (χ4n) is 2.81. The van der Waals surface area contributed by atoms with Gasteiger partial charge < -0.3 is 9.80 Å². The highest BCUT2D eigenvalue weighted by atomic mass is 16.2. The third-order valence-corrected chi connectivity index (χ3v) is 3.75. The van der Waals surface area contributed by atoms with Gasteiger partial charge in [-0.3, -0.25) is 4.79 Å². The number of carbonyl (C=O) groups excluding carboxylic acids is 1. The van der Waals surface area contributed by atoms with Gasteiger partial charge in [0, 0.05) is 24.5 Å². The van der Waals surface area contributed by atoms with Gasteiger partial charge in [-0.1, -0.05) is 20.8 Å². The molecule has 0 aromatic rings. The molecule has 1 amide bonds. The van der Waals surface area contributed by atoms with Crippen LogP contribution in [0, 0.1) is 11.3 Å². The van der Waals surface area contributed by atoms with Crippen LogP contribution in [0.3, 0.4) is 0 Å². The van der Waals surface area contributed by atoms with Gasteiger partial charge in [0.25, 0.3) is 0 Å². The lowest BCUT2D eigenvalue weighted by Crippen LogP contribution is -2.40. The van der Waals surface area contributed by atoms with Crippen LogP contribution < -0.4 is 0 Å². The van der Waals surface area contributed by atoms with Gasteiger partial charge in [-0.2, -0.15) is 0 Å². The predicted octanol–water partition coefficient (Wildman–Crippen LogP) is 1.19. The molecule has 0 aliphatic carbocycles. The Kier molecular flexibility index (Phi) is 2.53. The zero-order valence-electron chi connectivity index (χ0n) is 10.3. The summed E-state index contributed by atoms with van der Waals surface area (Å²) >= 11 is 0. The molecule has 2 rings (SSSR count). The first kappa shape index (κ1) is 10.9. The molecule has 2 fully saturated rings. The molecule has 3 nitrogen and oxygen atoms in total. The van der Waals surface area contributed by atoms with Crippen LogP contribution >= 0.6 is 0 Å². The summed E-state index contributed by atoms with van der Waals surface area (Å²) in [5.41, 5.74) is -0.225. The summed E-state index contributed by atoms with van der Waals surface area (Å²) in [6, 6.07) is 0.622. The number of likely N-dealkylation sites (N-methyl/N-ethyl adjacent to an activating group) is 1. The molecule has 0 N–H and O–H groups in total. The second-order valence-corrected chi connectivity index (χ2v) is 6.06. The van der Waals surface area contributed by atoms with E-state index in [0.717, 1.165) is 19.0 Å². The van der Waals surface area contributed by atoms with E-state index in [2.05, 4.69) is 16.8 Å². The highest BCUT2D eigenvalue weighted by Gasteiger charge is 2.43. The first-order valence-corrected chi connectivity index (χ1v) is 5.89. The molecule has 2 saturated heterocycles. The van der Waals surface area contributed by atoms with Gasteiger partial charge in [-0.25, -0.2) is 0 Å². The average Bonchev–Trinajstić information content (AvgIpc) is 2.66. The fraction of sp³-hybridized carbons (Fsp3) is 0.917. The molecule has 15 heavy (non-hydrogen) atoms. The molecule has 2 aliphatic heterocycles. The summed E-state index contributed by atoms with van der Waals surface area (Å²) in [5.74, 6) is 1.03. The van der Waals surface area contributed by atoms with E-state index in [1.54, 1.807) is 0 Å². The lowest BCUT2D eigenvalue weighted by atomic mass is 9.95. The minimum absolute atomic E-state index is 0.225. The van der Waals surface area contributed by atoms with E-state index in [1.165, 1.54) is 13.0 Å². The van der Waals surface area contributed by atoms with Gasteiger partial charge in [0.15, 0.2) is 0 Å². The van der Waals surface area contributed by atoms with Crippen molar-refractivity contribution in [1.82, 2.24) is 9.80 Å². The number of amides is 1. The summed E-state index contributed by atoms with van der Waals surface area (Å²) in [7, 11) is 2.18. The number of hydrogen-bond acceptors (Lipinski definition) is 2. The number of carbonyl (C=O) groups is 1. The monoisotopic (exact) mass is 210 g/mol. The van der Waals surface area contributed by atoms with Crippen molar-refractivity contribution in [3.05, 3.63) is 0 Å². The van der Waals surface area contributed by atoms with Gasteiger partial charge in [0.2, 0.25) is 5.91 Å². The van der Waals surface area contributed by atoms with Crippen molar-refractivity contribution in [3.63, 3.8) is 0 Å². The highest BCUT2D eigenvalue weighted by Crippen LogP contribution is 2.32. The molecule has 2 unspecified atom stereocenters.